The summed E-state index contributed by atoms with van der Waals surface area (Å²) < 4.78 is 4.90. The number of hydrogen-bond donors (Lipinski definition) is 1. The van der Waals surface area contributed by atoms with Gasteiger partial charge in [0.25, 0.3) is 5.91 Å². The van der Waals surface area contributed by atoms with Gasteiger partial charge in [-0.3, -0.25) is 4.79 Å². The maximum Gasteiger partial charge on any atom is 0.338 e. The molecule has 112 valence electrons. The average molecular weight is 309 g/mol. The minimum atomic E-state index is -0.996. The summed E-state index contributed by atoms with van der Waals surface area (Å²) in [6.45, 7) is 4.83. The molecule has 0 radical (unpaired) electrons. The van der Waals surface area contributed by atoms with E-state index >= 15 is 0 Å². The smallest absolute Gasteiger partial charge is 0.338 e. The highest BCUT2D eigenvalue weighted by Crippen LogP contribution is 2.15. The van der Waals surface area contributed by atoms with Gasteiger partial charge in [-0.2, -0.15) is 5.26 Å². The molecular weight excluding hydrogens is 292 g/mol. The molecule has 0 saturated heterocycles. The lowest BCUT2D eigenvalue weighted by Crippen LogP contribution is -2.50. The molecule has 1 aromatic carbocycles. The number of nitriles is 1. The van der Waals surface area contributed by atoms with Crippen LogP contribution in [-0.4, -0.2) is 24.0 Å². The number of carbonyl (C=O) groups excluding carboxylic acids is 2. The van der Waals surface area contributed by atoms with Crippen molar-refractivity contribution in [3.8, 4) is 6.07 Å². The maximum absolute atomic E-state index is 11.8. The quantitative estimate of drug-likeness (QED) is 0.848. The van der Waals surface area contributed by atoms with Gasteiger partial charge in [0.15, 0.2) is 6.61 Å². The van der Waals surface area contributed by atoms with Crippen molar-refractivity contribution in [1.29, 1.82) is 5.26 Å². The molecule has 0 aliphatic carbocycles. The van der Waals surface area contributed by atoms with Gasteiger partial charge in [-0.1, -0.05) is 25.4 Å². The third-order valence-electron chi connectivity index (χ3n) is 3.20. The average Bonchev–Trinajstić information content (AvgIpc) is 2.45. The molecule has 1 amide bonds. The first-order chi connectivity index (χ1) is 9.78. The van der Waals surface area contributed by atoms with Gasteiger partial charge in [0, 0.05) is 5.02 Å². The first-order valence-electron chi connectivity index (χ1n) is 6.43. The monoisotopic (exact) mass is 308 g/mol. The minimum Gasteiger partial charge on any atom is -0.452 e. The lowest BCUT2D eigenvalue weighted by molar-refractivity contribution is -0.125. The van der Waals surface area contributed by atoms with Gasteiger partial charge in [-0.15, -0.1) is 0 Å². The van der Waals surface area contributed by atoms with Crippen molar-refractivity contribution >= 4 is 23.5 Å². The summed E-state index contributed by atoms with van der Waals surface area (Å²) in [6, 6.07) is 8.19. The molecule has 1 N–H and O–H groups in total. The Hall–Kier alpha value is -2.06. The summed E-state index contributed by atoms with van der Waals surface area (Å²) in [4.78, 5) is 23.5. The number of amides is 1. The zero-order chi connectivity index (χ0) is 16.0. The maximum atomic E-state index is 11.8. The summed E-state index contributed by atoms with van der Waals surface area (Å²) in [5.41, 5.74) is -0.692. The molecule has 1 rings (SSSR count). The summed E-state index contributed by atoms with van der Waals surface area (Å²) >= 11 is 5.72. The summed E-state index contributed by atoms with van der Waals surface area (Å²) in [5.74, 6) is -1.21. The van der Waals surface area contributed by atoms with E-state index in [9.17, 15) is 9.59 Å². The van der Waals surface area contributed by atoms with Crippen molar-refractivity contribution in [2.24, 2.45) is 5.92 Å². The van der Waals surface area contributed by atoms with Gasteiger partial charge in [-0.05, 0) is 37.1 Å². The van der Waals surface area contributed by atoms with E-state index in [1.807, 2.05) is 19.9 Å². The van der Waals surface area contributed by atoms with Crippen LogP contribution in [0.3, 0.4) is 0 Å². The lowest BCUT2D eigenvalue weighted by atomic mass is 9.90. The zero-order valence-electron chi connectivity index (χ0n) is 12.1. The van der Waals surface area contributed by atoms with Crippen molar-refractivity contribution < 1.29 is 14.3 Å². The first-order valence-corrected chi connectivity index (χ1v) is 6.81. The summed E-state index contributed by atoms with van der Waals surface area (Å²) in [7, 11) is 0. The number of carbonyl (C=O) groups is 2. The SMILES string of the molecule is CC(C)[C@](C)(C#N)NC(=O)COC(=O)c1ccc(Cl)cc1. The number of benzene rings is 1. The number of nitrogens with zero attached hydrogens (tertiary/aromatic N) is 1. The van der Waals surface area contributed by atoms with E-state index in [4.69, 9.17) is 21.6 Å². The fourth-order valence-corrected chi connectivity index (χ4v) is 1.55. The van der Waals surface area contributed by atoms with E-state index in [2.05, 4.69) is 5.32 Å². The third-order valence-corrected chi connectivity index (χ3v) is 3.45. The highest BCUT2D eigenvalue weighted by Gasteiger charge is 2.30. The normalized spacial score (nSPS) is 13.1. The van der Waals surface area contributed by atoms with Gasteiger partial charge in [0.1, 0.15) is 5.54 Å². The Kier molecular flexibility index (Phi) is 5.74. The van der Waals surface area contributed by atoms with Crippen LogP contribution in [0.25, 0.3) is 0 Å². The number of rotatable bonds is 5. The number of halogens is 1. The summed E-state index contributed by atoms with van der Waals surface area (Å²) in [6.07, 6.45) is 0. The molecule has 0 bridgehead atoms. The predicted molar refractivity (Wildman–Crippen MR) is 78.7 cm³/mol. The molecule has 0 saturated carbocycles. The second-order valence-electron chi connectivity index (χ2n) is 5.10. The number of nitrogens with one attached hydrogen (secondary N) is 1. The van der Waals surface area contributed by atoms with Crippen LogP contribution in [0.2, 0.25) is 5.02 Å². The highest BCUT2D eigenvalue weighted by atomic mass is 35.5. The molecule has 0 spiro atoms. The number of esters is 1. The third kappa shape index (κ3) is 4.76. The Morgan fingerprint density at radius 2 is 1.95 bits per heavy atom. The number of ether oxygens (including phenoxy) is 1. The van der Waals surface area contributed by atoms with Crippen LogP contribution in [0.15, 0.2) is 24.3 Å². The highest BCUT2D eigenvalue weighted by molar-refractivity contribution is 6.30. The molecule has 0 unspecified atom stereocenters. The lowest BCUT2D eigenvalue weighted by Gasteiger charge is -2.27. The van der Waals surface area contributed by atoms with Crippen LogP contribution < -0.4 is 5.32 Å². The van der Waals surface area contributed by atoms with Crippen LogP contribution in [0.5, 0.6) is 0 Å². The van der Waals surface area contributed by atoms with Crippen LogP contribution >= 0.6 is 11.6 Å². The molecule has 0 aliphatic heterocycles. The van der Waals surface area contributed by atoms with E-state index in [1.165, 1.54) is 12.1 Å². The minimum absolute atomic E-state index is 0.0709. The standard InChI is InChI=1S/C15H17ClN2O3/c1-10(2)15(3,9-17)18-13(19)8-21-14(20)11-4-6-12(16)7-5-11/h4-7,10H,8H2,1-3H3,(H,18,19)/t15-/m0/s1. The van der Waals surface area contributed by atoms with Crippen molar-refractivity contribution in [1.82, 2.24) is 5.32 Å². The van der Waals surface area contributed by atoms with Crippen molar-refractivity contribution in [2.75, 3.05) is 6.61 Å². The molecule has 1 aromatic rings. The molecule has 0 heterocycles. The molecule has 0 aromatic heterocycles. The molecule has 0 aliphatic rings. The topological polar surface area (TPSA) is 79.2 Å². The van der Waals surface area contributed by atoms with Crippen LogP contribution in [0, 0.1) is 17.2 Å². The van der Waals surface area contributed by atoms with Crippen molar-refractivity contribution in [3.63, 3.8) is 0 Å². The summed E-state index contributed by atoms with van der Waals surface area (Å²) in [5, 5.41) is 12.2. The van der Waals surface area contributed by atoms with Crippen molar-refractivity contribution in [3.05, 3.63) is 34.9 Å². The van der Waals surface area contributed by atoms with Crippen LogP contribution in [-0.2, 0) is 9.53 Å². The molecule has 21 heavy (non-hydrogen) atoms. The Bertz CT molecular complexity index is 563. The van der Waals surface area contributed by atoms with Gasteiger partial charge in [-0.25, -0.2) is 4.79 Å². The largest absolute Gasteiger partial charge is 0.452 e. The Morgan fingerprint density at radius 3 is 2.43 bits per heavy atom. The Balaban J connectivity index is 2.55. The first kappa shape index (κ1) is 17.0. The van der Waals surface area contributed by atoms with E-state index in [1.54, 1.807) is 19.1 Å². The van der Waals surface area contributed by atoms with Gasteiger partial charge < -0.3 is 10.1 Å². The molecule has 6 heteroatoms. The van der Waals surface area contributed by atoms with Gasteiger partial charge >= 0.3 is 5.97 Å². The van der Waals surface area contributed by atoms with Gasteiger partial charge in [0.05, 0.1) is 11.6 Å². The zero-order valence-corrected chi connectivity index (χ0v) is 12.9. The van der Waals surface area contributed by atoms with E-state index in [0.29, 0.717) is 10.6 Å². The predicted octanol–water partition coefficient (Wildman–Crippen LogP) is 2.55. The Morgan fingerprint density at radius 1 is 1.38 bits per heavy atom. The van der Waals surface area contributed by atoms with Gasteiger partial charge in [0.2, 0.25) is 0 Å². The molecular formula is C15H17ClN2O3. The van der Waals surface area contributed by atoms with Crippen molar-refractivity contribution in [2.45, 2.75) is 26.3 Å². The second kappa shape index (κ2) is 7.09. The molecule has 5 nitrogen and oxygen atoms in total. The molecule has 0 fully saturated rings. The fraction of sp³-hybridized carbons (Fsp3) is 0.400. The molecule has 1 atom stereocenters. The van der Waals surface area contributed by atoms with Crippen LogP contribution in [0.4, 0.5) is 0 Å². The second-order valence-corrected chi connectivity index (χ2v) is 5.54. The van der Waals surface area contributed by atoms with E-state index < -0.39 is 24.0 Å². The number of hydrogen-bond acceptors (Lipinski definition) is 4. The Labute approximate surface area is 128 Å². The van der Waals surface area contributed by atoms with E-state index in [-0.39, 0.29) is 5.92 Å². The fourth-order valence-electron chi connectivity index (χ4n) is 1.43. The van der Waals surface area contributed by atoms with E-state index in [0.717, 1.165) is 0 Å². The van der Waals surface area contributed by atoms with Crippen LogP contribution in [0.1, 0.15) is 31.1 Å².